The molecule has 32 heavy (non-hydrogen) atoms. The summed E-state index contributed by atoms with van der Waals surface area (Å²) in [5, 5.41) is 0. The average molecular weight is 443 g/mol. The maximum Gasteiger partial charge on any atom is 0.166 e. The van der Waals surface area contributed by atoms with Crippen molar-refractivity contribution in [2.75, 3.05) is 13.7 Å². The number of methoxy groups -OCH3 is 1. The average Bonchev–Trinajstić information content (AvgIpc) is 2.80. The molecular weight excluding hydrogens is 413 g/mol. The van der Waals surface area contributed by atoms with Crippen LogP contribution in [0.3, 0.4) is 0 Å². The first-order valence-electron chi connectivity index (χ1n) is 10.8. The highest BCUT2D eigenvalue weighted by Gasteiger charge is 2.25. The summed E-state index contributed by atoms with van der Waals surface area (Å²) in [4.78, 5) is 0. The number of hydrogen-bond donors (Lipinski definition) is 0. The second kappa shape index (κ2) is 10.6. The SMILES string of the molecule is C=C(/C=C(/F)C(=C)OC)COc1ccc(-c2ccc(C3CCC(C)CC3)c(F)c2F)cc1. The molecule has 5 heteroatoms. The van der Waals surface area contributed by atoms with Crippen LogP contribution in [0.5, 0.6) is 5.75 Å². The largest absolute Gasteiger partial charge is 0.494 e. The van der Waals surface area contributed by atoms with Crippen LogP contribution in [-0.4, -0.2) is 13.7 Å². The fourth-order valence-corrected chi connectivity index (χ4v) is 3.98. The Kier molecular flexibility index (Phi) is 7.84. The third kappa shape index (κ3) is 5.64. The number of ether oxygens (including phenoxy) is 2. The van der Waals surface area contributed by atoms with Crippen molar-refractivity contribution in [1.82, 2.24) is 0 Å². The van der Waals surface area contributed by atoms with Crippen LogP contribution < -0.4 is 4.74 Å². The first-order chi connectivity index (χ1) is 15.3. The van der Waals surface area contributed by atoms with E-state index in [-0.39, 0.29) is 23.8 Å². The van der Waals surface area contributed by atoms with E-state index in [1.54, 1.807) is 36.4 Å². The highest BCUT2D eigenvalue weighted by molar-refractivity contribution is 5.65. The fourth-order valence-electron chi connectivity index (χ4n) is 3.98. The minimum absolute atomic E-state index is 0.0570. The van der Waals surface area contributed by atoms with Crippen LogP contribution in [0.15, 0.2) is 72.8 Å². The summed E-state index contributed by atoms with van der Waals surface area (Å²) in [7, 11) is 1.33. The van der Waals surface area contributed by atoms with Crippen molar-refractivity contribution in [3.05, 3.63) is 90.0 Å². The first kappa shape index (κ1) is 23.7. The van der Waals surface area contributed by atoms with E-state index in [4.69, 9.17) is 9.47 Å². The van der Waals surface area contributed by atoms with E-state index in [0.717, 1.165) is 25.7 Å². The van der Waals surface area contributed by atoms with Gasteiger partial charge in [-0.1, -0.05) is 57.2 Å². The molecule has 1 fully saturated rings. The van der Waals surface area contributed by atoms with Crippen LogP contribution in [0, 0.1) is 17.6 Å². The van der Waals surface area contributed by atoms with Crippen LogP contribution in [0.25, 0.3) is 11.1 Å². The minimum atomic E-state index is -0.817. The van der Waals surface area contributed by atoms with E-state index in [9.17, 15) is 13.2 Å². The lowest BCUT2D eigenvalue weighted by atomic mass is 9.79. The van der Waals surface area contributed by atoms with Crippen molar-refractivity contribution in [3.8, 4) is 16.9 Å². The van der Waals surface area contributed by atoms with Gasteiger partial charge in [-0.3, -0.25) is 0 Å². The molecular formula is C27H29F3O2. The van der Waals surface area contributed by atoms with Crippen molar-refractivity contribution in [2.24, 2.45) is 5.92 Å². The molecule has 0 N–H and O–H groups in total. The van der Waals surface area contributed by atoms with Gasteiger partial charge in [-0.15, -0.1) is 0 Å². The number of benzene rings is 2. The topological polar surface area (TPSA) is 18.5 Å². The van der Waals surface area contributed by atoms with Gasteiger partial charge in [0.1, 0.15) is 18.1 Å². The number of rotatable bonds is 8. The molecule has 3 rings (SSSR count). The zero-order chi connectivity index (χ0) is 23.3. The van der Waals surface area contributed by atoms with Crippen molar-refractivity contribution in [1.29, 1.82) is 0 Å². The van der Waals surface area contributed by atoms with Gasteiger partial charge in [0.15, 0.2) is 17.5 Å². The second-order valence-electron chi connectivity index (χ2n) is 8.38. The fraction of sp³-hybridized carbons (Fsp3) is 0.333. The molecule has 0 aromatic heterocycles. The molecule has 170 valence electrons. The minimum Gasteiger partial charge on any atom is -0.494 e. The summed E-state index contributed by atoms with van der Waals surface area (Å²) >= 11 is 0. The van der Waals surface area contributed by atoms with Crippen LogP contribution in [0.1, 0.15) is 44.1 Å². The Morgan fingerprint density at radius 3 is 2.28 bits per heavy atom. The molecule has 2 aromatic rings. The van der Waals surface area contributed by atoms with Gasteiger partial charge in [0.05, 0.1) is 7.11 Å². The molecule has 0 unspecified atom stereocenters. The summed E-state index contributed by atoms with van der Waals surface area (Å²) in [5.74, 6) is -1.04. The Labute approximate surface area is 188 Å². The van der Waals surface area contributed by atoms with Crippen LogP contribution in [0.4, 0.5) is 13.2 Å². The van der Waals surface area contributed by atoms with E-state index >= 15 is 0 Å². The Balaban J connectivity index is 1.67. The van der Waals surface area contributed by atoms with Crippen LogP contribution >= 0.6 is 0 Å². The third-order valence-electron chi connectivity index (χ3n) is 6.00. The van der Waals surface area contributed by atoms with Gasteiger partial charge in [-0.25, -0.2) is 13.2 Å². The van der Waals surface area contributed by atoms with Gasteiger partial charge in [-0.05, 0) is 59.6 Å². The second-order valence-corrected chi connectivity index (χ2v) is 8.38. The molecule has 0 radical (unpaired) electrons. The van der Waals surface area contributed by atoms with Gasteiger partial charge in [0.2, 0.25) is 0 Å². The number of allylic oxidation sites excluding steroid dienone is 1. The van der Waals surface area contributed by atoms with E-state index in [1.165, 1.54) is 13.2 Å². The molecule has 0 spiro atoms. The molecule has 1 saturated carbocycles. The lowest BCUT2D eigenvalue weighted by Crippen LogP contribution is -2.13. The Morgan fingerprint density at radius 1 is 1.00 bits per heavy atom. The number of hydrogen-bond acceptors (Lipinski definition) is 2. The Hall–Kier alpha value is -2.95. The van der Waals surface area contributed by atoms with Gasteiger partial charge in [-0.2, -0.15) is 0 Å². The zero-order valence-electron chi connectivity index (χ0n) is 18.6. The van der Waals surface area contributed by atoms with E-state index in [0.29, 0.717) is 28.4 Å². The van der Waals surface area contributed by atoms with Crippen molar-refractivity contribution < 1.29 is 22.6 Å². The molecule has 2 nitrogen and oxygen atoms in total. The van der Waals surface area contributed by atoms with E-state index < -0.39 is 17.5 Å². The first-order valence-corrected chi connectivity index (χ1v) is 10.8. The maximum absolute atomic E-state index is 14.9. The maximum atomic E-state index is 14.9. The molecule has 1 aliphatic rings. The van der Waals surface area contributed by atoms with Gasteiger partial charge < -0.3 is 9.47 Å². The molecule has 0 aliphatic heterocycles. The zero-order valence-corrected chi connectivity index (χ0v) is 18.6. The van der Waals surface area contributed by atoms with Crippen molar-refractivity contribution in [3.63, 3.8) is 0 Å². The summed E-state index contributed by atoms with van der Waals surface area (Å²) < 4.78 is 53.7. The Bertz CT molecular complexity index is 1000. The highest BCUT2D eigenvalue weighted by Crippen LogP contribution is 2.38. The summed E-state index contributed by atoms with van der Waals surface area (Å²) in [5.41, 5.74) is 1.65. The molecule has 0 bridgehead atoms. The molecule has 0 amide bonds. The van der Waals surface area contributed by atoms with E-state index in [2.05, 4.69) is 20.1 Å². The summed E-state index contributed by atoms with van der Waals surface area (Å²) in [6.07, 6.45) is 5.07. The smallest absolute Gasteiger partial charge is 0.166 e. The lowest BCUT2D eigenvalue weighted by molar-refractivity contribution is 0.285. The highest BCUT2D eigenvalue weighted by atomic mass is 19.2. The normalized spacial score (nSPS) is 18.8. The number of halogens is 3. The summed E-state index contributed by atoms with van der Waals surface area (Å²) in [6.45, 7) is 9.42. The van der Waals surface area contributed by atoms with Crippen molar-refractivity contribution in [2.45, 2.75) is 38.5 Å². The van der Waals surface area contributed by atoms with Crippen LogP contribution in [0.2, 0.25) is 0 Å². The molecule has 0 atom stereocenters. The lowest BCUT2D eigenvalue weighted by Gasteiger charge is -2.27. The summed E-state index contributed by atoms with van der Waals surface area (Å²) in [6, 6.07) is 10.0. The van der Waals surface area contributed by atoms with Crippen molar-refractivity contribution >= 4 is 0 Å². The molecule has 0 heterocycles. The predicted octanol–water partition coefficient (Wildman–Crippen LogP) is 7.87. The monoisotopic (exact) mass is 442 g/mol. The van der Waals surface area contributed by atoms with E-state index in [1.807, 2.05) is 0 Å². The Morgan fingerprint density at radius 2 is 1.66 bits per heavy atom. The third-order valence-corrected chi connectivity index (χ3v) is 6.00. The molecule has 1 aliphatic carbocycles. The molecule has 2 aromatic carbocycles. The predicted molar refractivity (Wildman–Crippen MR) is 122 cm³/mol. The standard InChI is InChI=1S/C27H29F3O2/c1-17-5-7-20(8-6-17)23-13-14-24(27(30)26(23)29)21-9-11-22(12-10-21)32-16-18(2)15-25(28)19(3)31-4/h9-15,17,20H,2-3,5-8,16H2,1,4H3/b25-15+. The molecule has 0 saturated heterocycles. The quantitative estimate of drug-likeness (QED) is 0.306. The van der Waals surface area contributed by atoms with Gasteiger partial charge in [0.25, 0.3) is 0 Å². The van der Waals surface area contributed by atoms with Gasteiger partial charge >= 0.3 is 0 Å². The van der Waals surface area contributed by atoms with Crippen LogP contribution in [-0.2, 0) is 4.74 Å². The van der Waals surface area contributed by atoms with Gasteiger partial charge in [0, 0.05) is 5.56 Å².